The lowest BCUT2D eigenvalue weighted by atomic mass is 10.2. The van der Waals surface area contributed by atoms with Crippen LogP contribution in [0, 0.1) is 11.8 Å². The summed E-state index contributed by atoms with van der Waals surface area (Å²) in [5.74, 6) is 5.52. The van der Waals surface area contributed by atoms with E-state index in [0.29, 0.717) is 11.1 Å². The van der Waals surface area contributed by atoms with Crippen LogP contribution in [0.4, 0.5) is 0 Å². The molecule has 1 heterocycles. The number of nitrogens with zero attached hydrogens (tertiary/aromatic N) is 1. The lowest BCUT2D eigenvalue weighted by Crippen LogP contribution is -2.29. The van der Waals surface area contributed by atoms with Gasteiger partial charge in [0.2, 0.25) is 0 Å². The molecule has 6 nitrogen and oxygen atoms in total. The Labute approximate surface area is 179 Å². The number of ether oxygens (including phenoxy) is 1. The molecule has 0 saturated heterocycles. The van der Waals surface area contributed by atoms with Crippen molar-refractivity contribution in [1.82, 2.24) is 15.3 Å². The van der Waals surface area contributed by atoms with Gasteiger partial charge in [-0.15, -0.1) is 0 Å². The monoisotopic (exact) mass is 409 g/mol. The van der Waals surface area contributed by atoms with Gasteiger partial charge in [0.1, 0.15) is 5.82 Å². The quantitative estimate of drug-likeness (QED) is 0.390. The van der Waals surface area contributed by atoms with Crippen molar-refractivity contribution in [1.29, 1.82) is 0 Å². The predicted octanol–water partition coefficient (Wildman–Crippen LogP) is 3.55. The largest absolute Gasteiger partial charge is 0.452 e. The second-order valence-corrected chi connectivity index (χ2v) is 6.70. The molecule has 0 radical (unpaired) electrons. The number of rotatable bonds is 5. The Morgan fingerprint density at radius 2 is 1.71 bits per heavy atom. The maximum atomic E-state index is 12.3. The van der Waals surface area contributed by atoms with Crippen LogP contribution in [-0.4, -0.2) is 35.0 Å². The number of fused-ring (bicyclic) bond motifs is 1. The molecule has 0 saturated carbocycles. The summed E-state index contributed by atoms with van der Waals surface area (Å²) < 4.78 is 5.11. The van der Waals surface area contributed by atoms with Gasteiger partial charge in [-0.05, 0) is 30.3 Å². The van der Waals surface area contributed by atoms with E-state index in [1.54, 1.807) is 18.2 Å². The first-order valence-corrected chi connectivity index (χ1v) is 9.72. The summed E-state index contributed by atoms with van der Waals surface area (Å²) in [4.78, 5) is 32.0. The number of aromatic nitrogens is 2. The van der Waals surface area contributed by atoms with Crippen molar-refractivity contribution >= 4 is 22.9 Å². The second kappa shape index (κ2) is 9.42. The Balaban J connectivity index is 1.32. The number of amides is 1. The van der Waals surface area contributed by atoms with E-state index in [0.717, 1.165) is 22.5 Å². The summed E-state index contributed by atoms with van der Waals surface area (Å²) in [6.07, 6.45) is 0. The van der Waals surface area contributed by atoms with Gasteiger partial charge >= 0.3 is 5.97 Å². The zero-order valence-electron chi connectivity index (χ0n) is 16.6. The van der Waals surface area contributed by atoms with Gasteiger partial charge in [0.05, 0.1) is 23.1 Å². The van der Waals surface area contributed by atoms with Crippen LogP contribution in [0.25, 0.3) is 22.4 Å². The molecule has 3 aromatic carbocycles. The summed E-state index contributed by atoms with van der Waals surface area (Å²) in [6, 6.07) is 24.2. The number of nitrogens with one attached hydrogen (secondary N) is 2. The van der Waals surface area contributed by atoms with Crippen molar-refractivity contribution < 1.29 is 14.3 Å². The molecule has 0 unspecified atom stereocenters. The number of carbonyl (C=O) groups excluding carboxylic acids is 2. The van der Waals surface area contributed by atoms with Crippen LogP contribution in [0.3, 0.4) is 0 Å². The van der Waals surface area contributed by atoms with E-state index in [-0.39, 0.29) is 13.2 Å². The van der Waals surface area contributed by atoms with Crippen LogP contribution in [0.1, 0.15) is 15.9 Å². The van der Waals surface area contributed by atoms with E-state index in [1.807, 2.05) is 60.7 Å². The maximum absolute atomic E-state index is 12.3. The Kier molecular flexibility index (Phi) is 6.05. The van der Waals surface area contributed by atoms with Crippen LogP contribution in [0.15, 0.2) is 78.9 Å². The van der Waals surface area contributed by atoms with Gasteiger partial charge in [0, 0.05) is 11.1 Å². The first kappa shape index (κ1) is 19.9. The van der Waals surface area contributed by atoms with E-state index in [1.165, 1.54) is 0 Å². The molecule has 1 amide bonds. The lowest BCUT2D eigenvalue weighted by molar-refractivity contribution is -0.123. The standard InChI is InChI=1S/C25H19N3O3/c29-23(26-15-7-10-18-8-3-1-4-9-18)17-31-25(30)20-13-14-21-22(16-20)28-24(27-21)19-11-5-2-6-12-19/h1-6,8-9,11-14,16H,15,17H2,(H,26,29)(H,27,28). The molecular weight excluding hydrogens is 390 g/mol. The fraction of sp³-hybridized carbons (Fsp3) is 0.0800. The van der Waals surface area contributed by atoms with E-state index >= 15 is 0 Å². The van der Waals surface area contributed by atoms with Gasteiger partial charge in [-0.2, -0.15) is 0 Å². The van der Waals surface area contributed by atoms with Crippen molar-refractivity contribution in [2.45, 2.75) is 0 Å². The molecular formula is C25H19N3O3. The fourth-order valence-electron chi connectivity index (χ4n) is 2.95. The highest BCUT2D eigenvalue weighted by atomic mass is 16.5. The molecule has 0 spiro atoms. The molecule has 0 bridgehead atoms. The molecule has 0 aliphatic rings. The topological polar surface area (TPSA) is 84.1 Å². The minimum Gasteiger partial charge on any atom is -0.452 e. The molecule has 0 fully saturated rings. The fourth-order valence-corrected chi connectivity index (χ4v) is 2.95. The van der Waals surface area contributed by atoms with E-state index in [4.69, 9.17) is 4.74 Å². The van der Waals surface area contributed by atoms with Crippen LogP contribution < -0.4 is 5.32 Å². The molecule has 0 aliphatic heterocycles. The molecule has 4 aromatic rings. The molecule has 0 aliphatic carbocycles. The van der Waals surface area contributed by atoms with Crippen molar-refractivity contribution in [2.24, 2.45) is 0 Å². The second-order valence-electron chi connectivity index (χ2n) is 6.70. The number of esters is 1. The third-order valence-electron chi connectivity index (χ3n) is 4.48. The van der Waals surface area contributed by atoms with E-state index < -0.39 is 11.9 Å². The molecule has 152 valence electrons. The van der Waals surface area contributed by atoms with Gasteiger partial charge < -0.3 is 15.0 Å². The minimum absolute atomic E-state index is 0.174. The smallest absolute Gasteiger partial charge is 0.338 e. The predicted molar refractivity (Wildman–Crippen MR) is 118 cm³/mol. The zero-order valence-corrected chi connectivity index (χ0v) is 16.6. The minimum atomic E-state index is -0.580. The molecule has 31 heavy (non-hydrogen) atoms. The van der Waals surface area contributed by atoms with E-state index in [2.05, 4.69) is 27.1 Å². The number of benzene rings is 3. The van der Waals surface area contributed by atoms with Crippen molar-refractivity contribution in [2.75, 3.05) is 13.2 Å². The average molecular weight is 409 g/mol. The van der Waals surface area contributed by atoms with Crippen LogP contribution in [0.2, 0.25) is 0 Å². The van der Waals surface area contributed by atoms with Crippen molar-refractivity contribution in [3.05, 3.63) is 90.0 Å². The van der Waals surface area contributed by atoms with Crippen molar-refractivity contribution in [3.63, 3.8) is 0 Å². The van der Waals surface area contributed by atoms with Gasteiger partial charge in [-0.25, -0.2) is 9.78 Å². The molecule has 0 atom stereocenters. The lowest BCUT2D eigenvalue weighted by Gasteiger charge is -2.04. The SMILES string of the molecule is O=C(COC(=O)c1ccc2nc(-c3ccccc3)[nH]c2c1)NCC#Cc1ccccc1. The number of H-pyrrole nitrogens is 1. The van der Waals surface area contributed by atoms with Crippen molar-refractivity contribution in [3.8, 4) is 23.2 Å². The maximum Gasteiger partial charge on any atom is 0.338 e. The Morgan fingerprint density at radius 3 is 2.48 bits per heavy atom. The Bertz CT molecular complexity index is 1270. The number of hydrogen-bond acceptors (Lipinski definition) is 4. The Morgan fingerprint density at radius 1 is 0.968 bits per heavy atom. The first-order chi connectivity index (χ1) is 15.2. The normalized spacial score (nSPS) is 10.2. The number of imidazole rings is 1. The Hall–Kier alpha value is -4.37. The summed E-state index contributed by atoms with van der Waals surface area (Å²) in [5.41, 5.74) is 3.62. The first-order valence-electron chi connectivity index (χ1n) is 9.72. The molecule has 4 rings (SSSR count). The number of aromatic amines is 1. The third kappa shape index (κ3) is 5.17. The van der Waals surface area contributed by atoms with Gasteiger partial charge in [0.15, 0.2) is 6.61 Å². The van der Waals surface area contributed by atoms with E-state index in [9.17, 15) is 9.59 Å². The number of hydrogen-bond donors (Lipinski definition) is 2. The van der Waals surface area contributed by atoms with Gasteiger partial charge in [0.25, 0.3) is 5.91 Å². The molecule has 6 heteroatoms. The van der Waals surface area contributed by atoms with Crippen LogP contribution in [0.5, 0.6) is 0 Å². The third-order valence-corrected chi connectivity index (χ3v) is 4.48. The average Bonchev–Trinajstić information content (AvgIpc) is 3.25. The summed E-state index contributed by atoms with van der Waals surface area (Å²) in [5, 5.41) is 2.60. The van der Waals surface area contributed by atoms with Crippen LogP contribution in [-0.2, 0) is 9.53 Å². The zero-order chi connectivity index (χ0) is 21.5. The highest BCUT2D eigenvalue weighted by Gasteiger charge is 2.12. The highest BCUT2D eigenvalue weighted by Crippen LogP contribution is 2.21. The van der Waals surface area contributed by atoms with Gasteiger partial charge in [-0.1, -0.05) is 60.4 Å². The molecule has 1 aromatic heterocycles. The summed E-state index contributed by atoms with van der Waals surface area (Å²) in [7, 11) is 0. The van der Waals surface area contributed by atoms with Crippen LogP contribution >= 0.6 is 0 Å². The molecule has 2 N–H and O–H groups in total. The highest BCUT2D eigenvalue weighted by molar-refractivity contribution is 5.95. The summed E-state index contributed by atoms with van der Waals surface area (Å²) in [6.45, 7) is -0.199. The number of carbonyl (C=O) groups is 2. The summed E-state index contributed by atoms with van der Waals surface area (Å²) >= 11 is 0. The van der Waals surface area contributed by atoms with Gasteiger partial charge in [-0.3, -0.25) is 4.79 Å².